The molecule has 0 unspecified atom stereocenters. The van der Waals surface area contributed by atoms with Gasteiger partial charge in [-0.1, -0.05) is 17.7 Å². The minimum Gasteiger partial charge on any atom is -0.491 e. The zero-order valence-electron chi connectivity index (χ0n) is 16.9. The van der Waals surface area contributed by atoms with E-state index in [-0.39, 0.29) is 12.5 Å². The first kappa shape index (κ1) is 24.3. The van der Waals surface area contributed by atoms with Gasteiger partial charge in [-0.05, 0) is 19.1 Å². The highest BCUT2D eigenvalue weighted by Gasteiger charge is 1.97. The van der Waals surface area contributed by atoms with Crippen molar-refractivity contribution >= 4 is 5.91 Å². The lowest BCUT2D eigenvalue weighted by Gasteiger charge is -2.09. The molecule has 0 heterocycles. The number of ether oxygens (including phenoxy) is 6. The lowest BCUT2D eigenvalue weighted by molar-refractivity contribution is -0.125. The van der Waals surface area contributed by atoms with Gasteiger partial charge in [0, 0.05) is 7.05 Å². The minimum atomic E-state index is -0.149. The van der Waals surface area contributed by atoms with Gasteiger partial charge in [-0.25, -0.2) is 0 Å². The number of hydrogen-bond donors (Lipinski definition) is 1. The first-order chi connectivity index (χ1) is 13.7. The van der Waals surface area contributed by atoms with Crippen molar-refractivity contribution in [3.8, 4) is 5.75 Å². The Morgan fingerprint density at radius 1 is 0.714 bits per heavy atom. The van der Waals surface area contributed by atoms with Crippen LogP contribution in [-0.4, -0.2) is 85.6 Å². The predicted molar refractivity (Wildman–Crippen MR) is 105 cm³/mol. The van der Waals surface area contributed by atoms with Crippen LogP contribution in [0.2, 0.25) is 0 Å². The highest BCUT2D eigenvalue weighted by atomic mass is 16.6. The van der Waals surface area contributed by atoms with Gasteiger partial charge >= 0.3 is 0 Å². The van der Waals surface area contributed by atoms with Gasteiger partial charge in [0.25, 0.3) is 0 Å². The second-order valence-electron chi connectivity index (χ2n) is 5.84. The van der Waals surface area contributed by atoms with E-state index in [1.807, 2.05) is 31.2 Å². The Labute approximate surface area is 167 Å². The molecule has 160 valence electrons. The van der Waals surface area contributed by atoms with Crippen molar-refractivity contribution < 1.29 is 33.2 Å². The number of aryl methyl sites for hydroxylation is 1. The van der Waals surface area contributed by atoms with E-state index in [0.29, 0.717) is 66.1 Å². The molecule has 1 aromatic rings. The monoisotopic (exact) mass is 399 g/mol. The highest BCUT2D eigenvalue weighted by molar-refractivity contribution is 5.76. The van der Waals surface area contributed by atoms with Crippen molar-refractivity contribution in [1.82, 2.24) is 5.32 Å². The molecular formula is C20H33NO7. The molecule has 8 heteroatoms. The van der Waals surface area contributed by atoms with Crippen LogP contribution in [0.1, 0.15) is 5.56 Å². The summed E-state index contributed by atoms with van der Waals surface area (Å²) in [4.78, 5) is 10.9. The molecule has 0 saturated heterocycles. The number of rotatable bonds is 18. The molecule has 1 rings (SSSR count). The second kappa shape index (κ2) is 17.4. The third kappa shape index (κ3) is 14.4. The Balaban J connectivity index is 1.73. The van der Waals surface area contributed by atoms with E-state index in [1.54, 1.807) is 7.05 Å². The minimum absolute atomic E-state index is 0.0528. The molecule has 0 aromatic heterocycles. The molecule has 8 nitrogen and oxygen atoms in total. The first-order valence-corrected chi connectivity index (χ1v) is 9.51. The lowest BCUT2D eigenvalue weighted by Crippen LogP contribution is -2.24. The molecule has 0 aliphatic heterocycles. The Morgan fingerprint density at radius 2 is 1.14 bits per heavy atom. The third-order valence-corrected chi connectivity index (χ3v) is 3.52. The largest absolute Gasteiger partial charge is 0.491 e. The summed E-state index contributed by atoms with van der Waals surface area (Å²) in [5.41, 5.74) is 1.21. The summed E-state index contributed by atoms with van der Waals surface area (Å²) < 4.78 is 32.2. The third-order valence-electron chi connectivity index (χ3n) is 3.52. The highest BCUT2D eigenvalue weighted by Crippen LogP contribution is 2.10. The summed E-state index contributed by atoms with van der Waals surface area (Å²) in [6.07, 6.45) is 0. The predicted octanol–water partition coefficient (Wildman–Crippen LogP) is 1.20. The van der Waals surface area contributed by atoms with Gasteiger partial charge < -0.3 is 33.7 Å². The fourth-order valence-electron chi connectivity index (χ4n) is 1.97. The second-order valence-corrected chi connectivity index (χ2v) is 5.84. The van der Waals surface area contributed by atoms with E-state index in [4.69, 9.17) is 28.4 Å². The molecule has 0 saturated carbocycles. The smallest absolute Gasteiger partial charge is 0.245 e. The molecule has 0 bridgehead atoms. The van der Waals surface area contributed by atoms with Crippen molar-refractivity contribution in [3.05, 3.63) is 29.8 Å². The van der Waals surface area contributed by atoms with Crippen molar-refractivity contribution in [1.29, 1.82) is 0 Å². The van der Waals surface area contributed by atoms with E-state index >= 15 is 0 Å². The van der Waals surface area contributed by atoms with Crippen LogP contribution < -0.4 is 10.1 Å². The van der Waals surface area contributed by atoms with Gasteiger partial charge in [0.05, 0.1) is 59.5 Å². The molecule has 0 aliphatic rings. The first-order valence-electron chi connectivity index (χ1n) is 9.51. The number of carbonyl (C=O) groups excluding carboxylic acids is 1. The number of hydrogen-bond acceptors (Lipinski definition) is 7. The van der Waals surface area contributed by atoms with Crippen LogP contribution in [0.5, 0.6) is 5.75 Å². The van der Waals surface area contributed by atoms with E-state index in [0.717, 1.165) is 5.75 Å². The zero-order valence-corrected chi connectivity index (χ0v) is 16.9. The van der Waals surface area contributed by atoms with Crippen LogP contribution in [0.4, 0.5) is 0 Å². The van der Waals surface area contributed by atoms with Crippen molar-refractivity contribution in [2.45, 2.75) is 6.92 Å². The number of benzene rings is 1. The number of nitrogens with one attached hydrogen (secondary N) is 1. The SMILES string of the molecule is CNC(=O)COCCOCCOCCOCCOCCOc1ccc(C)cc1. The molecule has 1 N–H and O–H groups in total. The van der Waals surface area contributed by atoms with Crippen LogP contribution in [0.3, 0.4) is 0 Å². The Bertz CT molecular complexity index is 496. The van der Waals surface area contributed by atoms with Crippen LogP contribution in [0, 0.1) is 6.92 Å². The maximum Gasteiger partial charge on any atom is 0.245 e. The van der Waals surface area contributed by atoms with Gasteiger partial charge in [-0.15, -0.1) is 0 Å². The summed E-state index contributed by atoms with van der Waals surface area (Å²) >= 11 is 0. The normalized spacial score (nSPS) is 10.8. The summed E-state index contributed by atoms with van der Waals surface area (Å²) in [6.45, 7) is 6.99. The Kier molecular flexibility index (Phi) is 15.1. The van der Waals surface area contributed by atoms with E-state index in [1.165, 1.54) is 5.56 Å². The molecule has 1 aromatic carbocycles. The van der Waals surface area contributed by atoms with Gasteiger partial charge in [-0.3, -0.25) is 4.79 Å². The summed E-state index contributed by atoms with van der Waals surface area (Å²) in [6, 6.07) is 7.93. The van der Waals surface area contributed by atoms with Crippen LogP contribution in [0.15, 0.2) is 24.3 Å². The molecule has 0 spiro atoms. The molecule has 0 fully saturated rings. The van der Waals surface area contributed by atoms with Gasteiger partial charge in [0.15, 0.2) is 0 Å². The topological polar surface area (TPSA) is 84.5 Å². The standard InChI is InChI=1S/C20H33NO7/c1-18-3-5-19(6-4-18)28-16-15-26-12-11-24-8-7-23-9-10-25-13-14-27-17-20(22)21-2/h3-6H,7-17H2,1-2H3,(H,21,22). The number of carbonyl (C=O) groups is 1. The maximum absolute atomic E-state index is 10.9. The molecule has 0 atom stereocenters. The fourth-order valence-corrected chi connectivity index (χ4v) is 1.97. The fraction of sp³-hybridized carbons (Fsp3) is 0.650. The van der Waals surface area contributed by atoms with Crippen molar-refractivity contribution in [3.63, 3.8) is 0 Å². The number of amides is 1. The summed E-state index contributed by atoms with van der Waals surface area (Å²) in [5, 5.41) is 2.47. The quantitative estimate of drug-likeness (QED) is 0.371. The average Bonchev–Trinajstić information content (AvgIpc) is 2.71. The van der Waals surface area contributed by atoms with Crippen LogP contribution >= 0.6 is 0 Å². The molecule has 0 radical (unpaired) electrons. The van der Waals surface area contributed by atoms with Gasteiger partial charge in [-0.2, -0.15) is 0 Å². The van der Waals surface area contributed by atoms with Crippen LogP contribution in [-0.2, 0) is 28.5 Å². The molecule has 0 aliphatic carbocycles. The van der Waals surface area contributed by atoms with Gasteiger partial charge in [0.1, 0.15) is 19.0 Å². The lowest BCUT2D eigenvalue weighted by atomic mass is 10.2. The Hall–Kier alpha value is -1.71. The molecule has 28 heavy (non-hydrogen) atoms. The summed E-state index contributed by atoms with van der Waals surface area (Å²) in [5.74, 6) is 0.701. The zero-order chi connectivity index (χ0) is 20.3. The summed E-state index contributed by atoms with van der Waals surface area (Å²) in [7, 11) is 1.57. The average molecular weight is 399 g/mol. The molecular weight excluding hydrogens is 366 g/mol. The molecule has 1 amide bonds. The maximum atomic E-state index is 10.9. The number of likely N-dealkylation sites (N-methyl/N-ethyl adjacent to an activating group) is 1. The Morgan fingerprint density at radius 3 is 1.61 bits per heavy atom. The van der Waals surface area contributed by atoms with E-state index in [9.17, 15) is 4.79 Å². The van der Waals surface area contributed by atoms with Crippen molar-refractivity contribution in [2.24, 2.45) is 0 Å². The van der Waals surface area contributed by atoms with Gasteiger partial charge in [0.2, 0.25) is 5.91 Å². The van der Waals surface area contributed by atoms with E-state index < -0.39 is 0 Å². The van der Waals surface area contributed by atoms with Crippen molar-refractivity contribution in [2.75, 3.05) is 79.7 Å². The van der Waals surface area contributed by atoms with E-state index in [2.05, 4.69) is 5.32 Å². The van der Waals surface area contributed by atoms with Crippen LogP contribution in [0.25, 0.3) is 0 Å².